The molecule has 0 atom stereocenters. The topological polar surface area (TPSA) is 84.3 Å². The molecular formula is C14H21N3O3. The van der Waals surface area contributed by atoms with Gasteiger partial charge in [-0.05, 0) is 26.3 Å². The van der Waals surface area contributed by atoms with E-state index in [4.69, 9.17) is 0 Å². The van der Waals surface area contributed by atoms with Crippen molar-refractivity contribution in [3.8, 4) is 0 Å². The van der Waals surface area contributed by atoms with Crippen molar-refractivity contribution >= 4 is 11.6 Å². The van der Waals surface area contributed by atoms with Crippen molar-refractivity contribution in [3.05, 3.63) is 39.4 Å². The first-order valence-electron chi connectivity index (χ1n) is 6.64. The van der Waals surface area contributed by atoms with Gasteiger partial charge >= 0.3 is 0 Å². The van der Waals surface area contributed by atoms with E-state index in [1.165, 1.54) is 6.07 Å². The largest absolute Gasteiger partial charge is 0.354 e. The van der Waals surface area contributed by atoms with E-state index in [0.717, 1.165) is 5.56 Å². The summed E-state index contributed by atoms with van der Waals surface area (Å²) in [6, 6.07) is 5.16. The van der Waals surface area contributed by atoms with Crippen molar-refractivity contribution in [2.75, 3.05) is 6.54 Å². The van der Waals surface area contributed by atoms with Gasteiger partial charge in [0.2, 0.25) is 5.91 Å². The molecule has 6 heteroatoms. The van der Waals surface area contributed by atoms with Crippen LogP contribution in [0.25, 0.3) is 0 Å². The fourth-order valence-corrected chi connectivity index (χ4v) is 1.88. The van der Waals surface area contributed by atoms with Crippen molar-refractivity contribution in [1.82, 2.24) is 10.6 Å². The van der Waals surface area contributed by atoms with E-state index in [2.05, 4.69) is 10.6 Å². The summed E-state index contributed by atoms with van der Waals surface area (Å²) >= 11 is 0. The Kier molecular flexibility index (Phi) is 6.11. The lowest BCUT2D eigenvalue weighted by molar-refractivity contribution is -0.385. The van der Waals surface area contributed by atoms with Gasteiger partial charge in [0.1, 0.15) is 0 Å². The van der Waals surface area contributed by atoms with Gasteiger partial charge in [-0.15, -0.1) is 0 Å². The number of nitro groups is 1. The fourth-order valence-electron chi connectivity index (χ4n) is 1.88. The van der Waals surface area contributed by atoms with Gasteiger partial charge in [-0.3, -0.25) is 14.9 Å². The summed E-state index contributed by atoms with van der Waals surface area (Å²) in [4.78, 5) is 21.9. The van der Waals surface area contributed by atoms with Crippen molar-refractivity contribution < 1.29 is 9.72 Å². The fraction of sp³-hybridized carbons (Fsp3) is 0.500. The van der Waals surface area contributed by atoms with Crippen molar-refractivity contribution in [2.45, 2.75) is 39.8 Å². The van der Waals surface area contributed by atoms with E-state index in [-0.39, 0.29) is 22.6 Å². The predicted octanol–water partition coefficient (Wildman–Crippen LogP) is 1.91. The van der Waals surface area contributed by atoms with Gasteiger partial charge in [-0.25, -0.2) is 0 Å². The molecule has 1 aromatic carbocycles. The van der Waals surface area contributed by atoms with Gasteiger partial charge < -0.3 is 10.6 Å². The highest BCUT2D eigenvalue weighted by molar-refractivity contribution is 5.76. The zero-order valence-corrected chi connectivity index (χ0v) is 12.1. The molecule has 6 nitrogen and oxygen atoms in total. The molecule has 1 amide bonds. The minimum atomic E-state index is -0.380. The van der Waals surface area contributed by atoms with Crippen LogP contribution < -0.4 is 10.6 Å². The van der Waals surface area contributed by atoms with Gasteiger partial charge in [0.15, 0.2) is 0 Å². The molecule has 0 aliphatic rings. The second-order valence-corrected chi connectivity index (χ2v) is 4.97. The number of rotatable bonds is 7. The molecule has 0 fully saturated rings. The Labute approximate surface area is 118 Å². The van der Waals surface area contributed by atoms with E-state index in [9.17, 15) is 14.9 Å². The molecular weight excluding hydrogens is 258 g/mol. The van der Waals surface area contributed by atoms with Crippen LogP contribution in [0.2, 0.25) is 0 Å². The highest BCUT2D eigenvalue weighted by Gasteiger charge is 2.12. The van der Waals surface area contributed by atoms with Gasteiger partial charge in [0.05, 0.1) is 4.92 Å². The SMILES string of the molecule is Cc1c(CNCCC(=O)NC(C)C)cccc1[N+](=O)[O-]. The van der Waals surface area contributed by atoms with Crippen LogP contribution in [0.4, 0.5) is 5.69 Å². The van der Waals surface area contributed by atoms with Crippen molar-refractivity contribution in [3.63, 3.8) is 0 Å². The van der Waals surface area contributed by atoms with E-state index < -0.39 is 0 Å². The van der Waals surface area contributed by atoms with Crippen LogP contribution in [-0.4, -0.2) is 23.4 Å². The van der Waals surface area contributed by atoms with Crippen LogP contribution in [0.15, 0.2) is 18.2 Å². The Bertz CT molecular complexity index is 487. The molecule has 0 aliphatic heterocycles. The van der Waals surface area contributed by atoms with Crippen LogP contribution in [0, 0.1) is 17.0 Å². The maximum absolute atomic E-state index is 11.4. The lowest BCUT2D eigenvalue weighted by Gasteiger charge is -2.10. The van der Waals surface area contributed by atoms with Crippen LogP contribution in [0.3, 0.4) is 0 Å². The van der Waals surface area contributed by atoms with Gasteiger partial charge in [0, 0.05) is 37.2 Å². The summed E-state index contributed by atoms with van der Waals surface area (Å²) in [5.41, 5.74) is 1.67. The third kappa shape index (κ3) is 4.97. The maximum atomic E-state index is 11.4. The molecule has 110 valence electrons. The second kappa shape index (κ2) is 7.59. The lowest BCUT2D eigenvalue weighted by atomic mass is 10.1. The van der Waals surface area contributed by atoms with Gasteiger partial charge in [0.25, 0.3) is 5.69 Å². The molecule has 1 rings (SSSR count). The molecule has 0 saturated heterocycles. The number of nitro benzene ring substituents is 1. The Balaban J connectivity index is 2.45. The summed E-state index contributed by atoms with van der Waals surface area (Å²) in [6.45, 7) is 6.62. The van der Waals surface area contributed by atoms with Crippen LogP contribution >= 0.6 is 0 Å². The van der Waals surface area contributed by atoms with E-state index >= 15 is 0 Å². The molecule has 0 aromatic heterocycles. The monoisotopic (exact) mass is 279 g/mol. The average molecular weight is 279 g/mol. The number of hydrogen-bond donors (Lipinski definition) is 2. The third-order valence-corrected chi connectivity index (χ3v) is 2.91. The number of nitrogens with one attached hydrogen (secondary N) is 2. The maximum Gasteiger partial charge on any atom is 0.272 e. The first-order chi connectivity index (χ1) is 9.41. The normalized spacial score (nSPS) is 10.6. The number of amides is 1. The van der Waals surface area contributed by atoms with E-state index in [0.29, 0.717) is 25.1 Å². The van der Waals surface area contributed by atoms with Crippen LogP contribution in [0.1, 0.15) is 31.4 Å². The molecule has 0 heterocycles. The summed E-state index contributed by atoms with van der Waals surface area (Å²) in [7, 11) is 0. The Hall–Kier alpha value is -1.95. The predicted molar refractivity (Wildman–Crippen MR) is 77.4 cm³/mol. The standard InChI is InChI=1S/C14H21N3O3/c1-10(2)16-14(18)7-8-15-9-12-5-4-6-13(11(12)3)17(19)20/h4-6,10,15H,7-9H2,1-3H3,(H,16,18). The number of nitrogens with zero attached hydrogens (tertiary/aromatic N) is 1. The first kappa shape index (κ1) is 16.1. The molecule has 0 saturated carbocycles. The highest BCUT2D eigenvalue weighted by Crippen LogP contribution is 2.20. The number of benzene rings is 1. The number of carbonyl (C=O) groups excluding carboxylic acids is 1. The zero-order chi connectivity index (χ0) is 15.1. The molecule has 0 spiro atoms. The van der Waals surface area contributed by atoms with Crippen molar-refractivity contribution in [2.24, 2.45) is 0 Å². The average Bonchev–Trinajstić information content (AvgIpc) is 2.35. The third-order valence-electron chi connectivity index (χ3n) is 2.91. The summed E-state index contributed by atoms with van der Waals surface area (Å²) in [5.74, 6) is 0.00302. The number of hydrogen-bond acceptors (Lipinski definition) is 4. The second-order valence-electron chi connectivity index (χ2n) is 4.97. The molecule has 0 unspecified atom stereocenters. The Morgan fingerprint density at radius 2 is 2.10 bits per heavy atom. The highest BCUT2D eigenvalue weighted by atomic mass is 16.6. The smallest absolute Gasteiger partial charge is 0.272 e. The summed E-state index contributed by atoms with van der Waals surface area (Å²) < 4.78 is 0. The van der Waals surface area contributed by atoms with Gasteiger partial charge in [-0.2, -0.15) is 0 Å². The van der Waals surface area contributed by atoms with Crippen molar-refractivity contribution in [1.29, 1.82) is 0 Å². The Morgan fingerprint density at radius 1 is 1.40 bits per heavy atom. The minimum Gasteiger partial charge on any atom is -0.354 e. The summed E-state index contributed by atoms with van der Waals surface area (Å²) in [5, 5.41) is 16.8. The van der Waals surface area contributed by atoms with Crippen LogP contribution in [-0.2, 0) is 11.3 Å². The lowest BCUT2D eigenvalue weighted by Crippen LogP contribution is -2.32. The molecule has 0 bridgehead atoms. The van der Waals surface area contributed by atoms with Gasteiger partial charge in [-0.1, -0.05) is 12.1 Å². The summed E-state index contributed by atoms with van der Waals surface area (Å²) in [6.07, 6.45) is 0.395. The molecule has 0 radical (unpaired) electrons. The molecule has 1 aromatic rings. The number of carbonyl (C=O) groups is 1. The molecule has 2 N–H and O–H groups in total. The quantitative estimate of drug-likeness (QED) is 0.453. The Morgan fingerprint density at radius 3 is 2.70 bits per heavy atom. The van der Waals surface area contributed by atoms with Crippen LogP contribution in [0.5, 0.6) is 0 Å². The minimum absolute atomic E-state index is 0.00302. The first-order valence-corrected chi connectivity index (χ1v) is 6.64. The molecule has 0 aliphatic carbocycles. The van der Waals surface area contributed by atoms with E-state index in [1.54, 1.807) is 13.0 Å². The molecule has 20 heavy (non-hydrogen) atoms. The van der Waals surface area contributed by atoms with E-state index in [1.807, 2.05) is 19.9 Å². The zero-order valence-electron chi connectivity index (χ0n) is 12.1.